The number of cyclic esters (lactones) is 1. The summed E-state index contributed by atoms with van der Waals surface area (Å²) in [6, 6.07) is 9.79. The predicted molar refractivity (Wildman–Crippen MR) is 142 cm³/mol. The van der Waals surface area contributed by atoms with Crippen molar-refractivity contribution < 1.29 is 14.6 Å². The smallest absolute Gasteiger partial charge is 0.343 e. The molecule has 1 aromatic carbocycles. The van der Waals surface area contributed by atoms with Crippen LogP contribution in [0.25, 0.3) is 22.3 Å². The van der Waals surface area contributed by atoms with Crippen molar-refractivity contribution in [2.24, 2.45) is 10.9 Å². The van der Waals surface area contributed by atoms with E-state index in [0.29, 0.717) is 35.0 Å². The first-order valence-electron chi connectivity index (χ1n) is 13.2. The van der Waals surface area contributed by atoms with Gasteiger partial charge in [0, 0.05) is 36.5 Å². The van der Waals surface area contributed by atoms with Crippen molar-refractivity contribution in [3.63, 3.8) is 0 Å². The number of hydrogen-bond acceptors (Lipinski definition) is 6. The standard InChI is InChI=1S/C29H32N4O4/c1-4-29(36)21-14-24-25-18(15-33(24)27(34)20(21)16-37-28(29)35)13-19-22(30-25)11-8-12-23(19)31-26(32(2)3)17-9-6-5-7-10-17/h8,11-14,17,36H,4-7,9-10,15-16H2,1-3H3/t29-/m0/s1. The van der Waals surface area contributed by atoms with Gasteiger partial charge in [0.25, 0.3) is 5.56 Å². The number of aromatic nitrogens is 2. The maximum Gasteiger partial charge on any atom is 0.343 e. The van der Waals surface area contributed by atoms with Gasteiger partial charge in [-0.15, -0.1) is 0 Å². The third kappa shape index (κ3) is 3.69. The monoisotopic (exact) mass is 500 g/mol. The first-order valence-corrected chi connectivity index (χ1v) is 13.2. The molecule has 6 rings (SSSR count). The molecule has 2 aromatic heterocycles. The van der Waals surface area contributed by atoms with Gasteiger partial charge in [0.1, 0.15) is 12.4 Å². The largest absolute Gasteiger partial charge is 0.458 e. The van der Waals surface area contributed by atoms with Gasteiger partial charge < -0.3 is 19.3 Å². The molecule has 0 spiro atoms. The summed E-state index contributed by atoms with van der Waals surface area (Å²) < 4.78 is 6.84. The fraction of sp³-hybridized carbons (Fsp3) is 0.448. The lowest BCUT2D eigenvalue weighted by Crippen LogP contribution is -2.44. The van der Waals surface area contributed by atoms with E-state index in [1.165, 1.54) is 19.3 Å². The van der Waals surface area contributed by atoms with E-state index in [4.69, 9.17) is 14.7 Å². The Hall–Kier alpha value is -3.52. The topological polar surface area (TPSA) is 97.0 Å². The minimum Gasteiger partial charge on any atom is -0.458 e. The molecule has 4 heterocycles. The Morgan fingerprint density at radius 1 is 1.22 bits per heavy atom. The quantitative estimate of drug-likeness (QED) is 0.257. The van der Waals surface area contributed by atoms with Crippen LogP contribution in [0.1, 0.15) is 62.1 Å². The van der Waals surface area contributed by atoms with Crippen molar-refractivity contribution in [1.82, 2.24) is 14.5 Å². The van der Waals surface area contributed by atoms with E-state index in [2.05, 4.69) is 25.1 Å². The fourth-order valence-corrected chi connectivity index (χ4v) is 6.12. The molecule has 0 bridgehead atoms. The summed E-state index contributed by atoms with van der Waals surface area (Å²) in [5.41, 5.74) is 2.50. The van der Waals surface area contributed by atoms with Crippen molar-refractivity contribution in [3.05, 3.63) is 57.4 Å². The summed E-state index contributed by atoms with van der Waals surface area (Å²) in [7, 11) is 4.12. The van der Waals surface area contributed by atoms with Crippen LogP contribution >= 0.6 is 0 Å². The highest BCUT2D eigenvalue weighted by Crippen LogP contribution is 2.40. The second-order valence-electron chi connectivity index (χ2n) is 10.6. The van der Waals surface area contributed by atoms with Crippen molar-refractivity contribution in [2.45, 2.75) is 64.2 Å². The van der Waals surface area contributed by atoms with E-state index in [0.717, 1.165) is 40.8 Å². The van der Waals surface area contributed by atoms with Gasteiger partial charge >= 0.3 is 5.97 Å². The maximum atomic E-state index is 13.4. The molecule has 1 saturated carbocycles. The van der Waals surface area contributed by atoms with E-state index >= 15 is 0 Å². The maximum absolute atomic E-state index is 13.4. The molecular weight excluding hydrogens is 468 g/mol. The predicted octanol–water partition coefficient (Wildman–Crippen LogP) is 4.25. The zero-order valence-corrected chi connectivity index (χ0v) is 21.6. The molecule has 1 fully saturated rings. The molecule has 2 aliphatic heterocycles. The highest BCUT2D eigenvalue weighted by atomic mass is 16.6. The van der Waals surface area contributed by atoms with E-state index in [1.807, 2.05) is 18.2 Å². The number of esters is 1. The number of fused-ring (bicyclic) bond motifs is 5. The average molecular weight is 501 g/mol. The highest BCUT2D eigenvalue weighted by molar-refractivity contribution is 5.97. The Morgan fingerprint density at radius 3 is 2.73 bits per heavy atom. The first kappa shape index (κ1) is 23.9. The Balaban J connectivity index is 1.49. The molecule has 37 heavy (non-hydrogen) atoms. The molecule has 3 aromatic rings. The lowest BCUT2D eigenvalue weighted by Gasteiger charge is -2.31. The summed E-state index contributed by atoms with van der Waals surface area (Å²) in [5, 5.41) is 12.0. The van der Waals surface area contributed by atoms with E-state index < -0.39 is 11.6 Å². The Kier molecular flexibility index (Phi) is 5.67. The molecular formula is C29H32N4O4. The second-order valence-corrected chi connectivity index (χ2v) is 10.6. The molecule has 0 amide bonds. The normalized spacial score (nSPS) is 21.4. The molecule has 8 nitrogen and oxygen atoms in total. The van der Waals surface area contributed by atoms with Gasteiger partial charge in [-0.2, -0.15) is 0 Å². The van der Waals surface area contributed by atoms with Gasteiger partial charge in [0.15, 0.2) is 5.60 Å². The number of amidine groups is 1. The van der Waals surface area contributed by atoms with Crippen LogP contribution in [-0.2, 0) is 28.3 Å². The molecule has 1 aliphatic carbocycles. The van der Waals surface area contributed by atoms with Crippen LogP contribution in [0.3, 0.4) is 0 Å². The Labute approximate surface area is 215 Å². The number of benzene rings is 1. The van der Waals surface area contributed by atoms with Crippen LogP contribution in [0, 0.1) is 5.92 Å². The van der Waals surface area contributed by atoms with Gasteiger partial charge in [-0.3, -0.25) is 4.79 Å². The minimum atomic E-state index is -1.83. The Bertz CT molecular complexity index is 1520. The van der Waals surface area contributed by atoms with Crippen LogP contribution in [0.5, 0.6) is 0 Å². The number of pyridine rings is 2. The van der Waals surface area contributed by atoms with Crippen molar-refractivity contribution in [1.29, 1.82) is 0 Å². The molecule has 1 atom stereocenters. The fourth-order valence-electron chi connectivity index (χ4n) is 6.12. The number of carbonyl (C=O) groups excluding carboxylic acids is 1. The van der Waals surface area contributed by atoms with E-state index in [1.54, 1.807) is 17.6 Å². The minimum absolute atomic E-state index is 0.121. The summed E-state index contributed by atoms with van der Waals surface area (Å²) >= 11 is 0. The summed E-state index contributed by atoms with van der Waals surface area (Å²) in [4.78, 5) is 38.1. The van der Waals surface area contributed by atoms with Crippen LogP contribution in [0.15, 0.2) is 40.1 Å². The third-order valence-corrected chi connectivity index (χ3v) is 8.19. The molecule has 3 aliphatic rings. The highest BCUT2D eigenvalue weighted by Gasteiger charge is 2.45. The van der Waals surface area contributed by atoms with Crippen LogP contribution in [0.2, 0.25) is 0 Å². The number of aliphatic imine (C=N–C) groups is 1. The lowest BCUT2D eigenvalue weighted by atomic mass is 9.86. The van der Waals surface area contributed by atoms with Crippen molar-refractivity contribution >= 4 is 28.4 Å². The van der Waals surface area contributed by atoms with Crippen molar-refractivity contribution in [3.8, 4) is 11.4 Å². The zero-order chi connectivity index (χ0) is 25.9. The summed E-state index contributed by atoms with van der Waals surface area (Å²) in [6.45, 7) is 1.95. The third-order valence-electron chi connectivity index (χ3n) is 8.19. The first-order chi connectivity index (χ1) is 17.8. The Morgan fingerprint density at radius 2 is 2.00 bits per heavy atom. The zero-order valence-electron chi connectivity index (χ0n) is 21.6. The van der Waals surface area contributed by atoms with Crippen LogP contribution in [-0.4, -0.2) is 45.5 Å². The van der Waals surface area contributed by atoms with Gasteiger partial charge in [0.2, 0.25) is 0 Å². The number of nitrogens with zero attached hydrogens (tertiary/aromatic N) is 4. The van der Waals surface area contributed by atoms with Gasteiger partial charge in [0.05, 0.1) is 34.7 Å². The van der Waals surface area contributed by atoms with Crippen molar-refractivity contribution in [2.75, 3.05) is 14.1 Å². The van der Waals surface area contributed by atoms with Crippen LogP contribution in [0.4, 0.5) is 5.69 Å². The molecule has 1 N–H and O–H groups in total. The van der Waals surface area contributed by atoms with Gasteiger partial charge in [-0.05, 0) is 43.5 Å². The van der Waals surface area contributed by atoms with E-state index in [-0.39, 0.29) is 18.6 Å². The number of aliphatic hydroxyl groups is 1. The molecule has 0 radical (unpaired) electrons. The average Bonchev–Trinajstić information content (AvgIpc) is 3.26. The molecule has 0 saturated heterocycles. The number of carbonyl (C=O) groups is 1. The summed E-state index contributed by atoms with van der Waals surface area (Å²) in [5.74, 6) is 0.842. The van der Waals surface area contributed by atoms with E-state index in [9.17, 15) is 14.7 Å². The summed E-state index contributed by atoms with van der Waals surface area (Å²) in [6.07, 6.45) is 6.21. The number of ether oxygens (including phenoxy) is 1. The number of hydrogen-bond donors (Lipinski definition) is 1. The second kappa shape index (κ2) is 8.80. The van der Waals surface area contributed by atoms with Gasteiger partial charge in [-0.25, -0.2) is 14.8 Å². The molecule has 192 valence electrons. The van der Waals surface area contributed by atoms with Crippen LogP contribution < -0.4 is 5.56 Å². The lowest BCUT2D eigenvalue weighted by molar-refractivity contribution is -0.172. The molecule has 0 unspecified atom stereocenters. The SMILES string of the molecule is CC[C@@]1(O)C(=O)OCc2c1cc1n(c2=O)Cc2cc3c(N=C(C4CCCCC4)N(C)C)cccc3nc2-1. The van der Waals surface area contributed by atoms with Gasteiger partial charge in [-0.1, -0.05) is 32.3 Å². The number of rotatable bonds is 3. The molecule has 8 heteroatoms.